The van der Waals surface area contributed by atoms with E-state index in [2.05, 4.69) is 210 Å². The maximum Gasteiger partial charge on any atom is 0.0700 e. The standard InChI is InChI=1S/C51H35N3/c1-51(37-21-9-4-10-22-37)48-44(52-50(51)35-18-7-3-8-19-35)30-29-42-40-24-11-14-27-46(40)54(49(42)48)39-28-31-47-43(33-39)41-25-12-13-26-45(41)53(47)38-23-15-20-36(32-38)34-16-5-2-6-17-34/h2-33H,1H3. The minimum atomic E-state index is -0.493. The Hall–Kier alpha value is -6.97. The molecule has 0 amide bonds. The average molecular weight is 690 g/mol. The summed E-state index contributed by atoms with van der Waals surface area (Å²) in [5, 5.41) is 4.92. The van der Waals surface area contributed by atoms with Gasteiger partial charge < -0.3 is 9.13 Å². The monoisotopic (exact) mass is 689 g/mol. The maximum absolute atomic E-state index is 5.46. The molecule has 1 atom stereocenters. The van der Waals surface area contributed by atoms with Crippen LogP contribution in [0.2, 0.25) is 0 Å². The molecule has 3 heteroatoms. The molecule has 8 aromatic carbocycles. The largest absolute Gasteiger partial charge is 0.309 e. The van der Waals surface area contributed by atoms with Gasteiger partial charge in [0.05, 0.1) is 38.9 Å². The van der Waals surface area contributed by atoms with Crippen molar-refractivity contribution in [3.05, 3.63) is 211 Å². The van der Waals surface area contributed by atoms with Crippen molar-refractivity contribution in [1.29, 1.82) is 0 Å². The van der Waals surface area contributed by atoms with Gasteiger partial charge in [0, 0.05) is 38.5 Å². The summed E-state index contributed by atoms with van der Waals surface area (Å²) in [6, 6.07) is 70.3. The number of benzene rings is 8. The van der Waals surface area contributed by atoms with Crippen LogP contribution in [0.4, 0.5) is 5.69 Å². The smallest absolute Gasteiger partial charge is 0.0700 e. The minimum Gasteiger partial charge on any atom is -0.309 e. The molecule has 1 aliphatic rings. The molecule has 0 aliphatic carbocycles. The molecule has 0 bridgehead atoms. The molecule has 0 fully saturated rings. The van der Waals surface area contributed by atoms with Gasteiger partial charge in [-0.05, 0) is 77.7 Å². The van der Waals surface area contributed by atoms with Crippen LogP contribution in [0.15, 0.2) is 199 Å². The van der Waals surface area contributed by atoms with Crippen molar-refractivity contribution in [3.8, 4) is 22.5 Å². The molecule has 254 valence electrons. The molecule has 0 N–H and O–H groups in total. The first kappa shape index (κ1) is 30.6. The van der Waals surface area contributed by atoms with Gasteiger partial charge in [0.2, 0.25) is 0 Å². The van der Waals surface area contributed by atoms with Gasteiger partial charge in [-0.15, -0.1) is 0 Å². The van der Waals surface area contributed by atoms with Crippen molar-refractivity contribution in [1.82, 2.24) is 9.13 Å². The number of rotatable bonds is 5. The molecule has 1 aliphatic heterocycles. The first-order valence-electron chi connectivity index (χ1n) is 18.6. The Kier molecular flexibility index (Phi) is 6.68. The summed E-state index contributed by atoms with van der Waals surface area (Å²) < 4.78 is 4.91. The molecule has 11 rings (SSSR count). The van der Waals surface area contributed by atoms with Gasteiger partial charge in [0.15, 0.2) is 0 Å². The zero-order valence-electron chi connectivity index (χ0n) is 29.8. The van der Waals surface area contributed by atoms with Crippen molar-refractivity contribution < 1.29 is 0 Å². The van der Waals surface area contributed by atoms with Crippen LogP contribution in [0.3, 0.4) is 0 Å². The lowest BCUT2D eigenvalue weighted by Crippen LogP contribution is -2.32. The molecular weight excluding hydrogens is 655 g/mol. The zero-order chi connectivity index (χ0) is 35.8. The van der Waals surface area contributed by atoms with Gasteiger partial charge in [-0.1, -0.05) is 146 Å². The SMILES string of the molecule is CC1(c2ccccc2)C(c2ccccc2)=Nc2ccc3c4ccccc4n(-c4ccc5c(c4)c4ccccc4n5-c4cccc(-c5ccccc5)c4)c3c21. The van der Waals surface area contributed by atoms with Gasteiger partial charge in [0.25, 0.3) is 0 Å². The number of aliphatic imine (C=N–C) groups is 1. The summed E-state index contributed by atoms with van der Waals surface area (Å²) in [7, 11) is 0. The molecule has 1 unspecified atom stereocenters. The highest BCUT2D eigenvalue weighted by Crippen LogP contribution is 2.52. The first-order chi connectivity index (χ1) is 26.7. The summed E-state index contributed by atoms with van der Waals surface area (Å²) in [5.41, 5.74) is 14.7. The summed E-state index contributed by atoms with van der Waals surface area (Å²) in [6.45, 7) is 2.36. The number of fused-ring (bicyclic) bond motifs is 8. The topological polar surface area (TPSA) is 22.2 Å². The van der Waals surface area contributed by atoms with E-state index in [-0.39, 0.29) is 0 Å². The summed E-state index contributed by atoms with van der Waals surface area (Å²) in [6.07, 6.45) is 0. The highest BCUT2D eigenvalue weighted by atomic mass is 15.0. The Morgan fingerprint density at radius 1 is 0.407 bits per heavy atom. The van der Waals surface area contributed by atoms with Crippen molar-refractivity contribution in [2.75, 3.05) is 0 Å². The lowest BCUT2D eigenvalue weighted by Gasteiger charge is -2.30. The number of aromatic nitrogens is 2. The van der Waals surface area contributed by atoms with Crippen LogP contribution in [0.5, 0.6) is 0 Å². The Morgan fingerprint density at radius 2 is 0.981 bits per heavy atom. The number of hydrogen-bond donors (Lipinski definition) is 0. The van der Waals surface area contributed by atoms with E-state index < -0.39 is 5.41 Å². The van der Waals surface area contributed by atoms with Gasteiger partial charge in [-0.2, -0.15) is 0 Å². The normalized spacial score (nSPS) is 15.3. The molecule has 0 saturated heterocycles. The van der Waals surface area contributed by atoms with Crippen LogP contribution in [-0.4, -0.2) is 14.8 Å². The average Bonchev–Trinajstić information content (AvgIpc) is 3.87. The fourth-order valence-electron chi connectivity index (χ4n) is 9.09. The van der Waals surface area contributed by atoms with Crippen LogP contribution >= 0.6 is 0 Å². The summed E-state index contributed by atoms with van der Waals surface area (Å²) >= 11 is 0. The van der Waals surface area contributed by atoms with Gasteiger partial charge >= 0.3 is 0 Å². The zero-order valence-corrected chi connectivity index (χ0v) is 29.8. The molecule has 3 heterocycles. The van der Waals surface area contributed by atoms with Crippen LogP contribution < -0.4 is 0 Å². The quantitative estimate of drug-likeness (QED) is 0.172. The van der Waals surface area contributed by atoms with E-state index in [4.69, 9.17) is 4.99 Å². The van der Waals surface area contributed by atoms with E-state index in [1.54, 1.807) is 0 Å². The Labute approximate surface area is 313 Å². The lowest BCUT2D eigenvalue weighted by atomic mass is 9.71. The third kappa shape index (κ3) is 4.39. The van der Waals surface area contributed by atoms with Crippen LogP contribution in [0, 0.1) is 0 Å². The van der Waals surface area contributed by atoms with Crippen LogP contribution in [0.25, 0.3) is 66.1 Å². The fourth-order valence-corrected chi connectivity index (χ4v) is 9.09. The van der Waals surface area contributed by atoms with E-state index in [9.17, 15) is 0 Å². The number of para-hydroxylation sites is 2. The Morgan fingerprint density at radius 3 is 1.72 bits per heavy atom. The first-order valence-corrected chi connectivity index (χ1v) is 18.6. The third-order valence-electron chi connectivity index (χ3n) is 11.5. The van der Waals surface area contributed by atoms with Crippen LogP contribution in [0.1, 0.15) is 23.6 Å². The number of hydrogen-bond acceptors (Lipinski definition) is 1. The lowest BCUT2D eigenvalue weighted by molar-refractivity contribution is 0.797. The van der Waals surface area contributed by atoms with Gasteiger partial charge in [0.1, 0.15) is 0 Å². The van der Waals surface area contributed by atoms with Crippen molar-refractivity contribution in [3.63, 3.8) is 0 Å². The molecule has 10 aromatic rings. The highest BCUT2D eigenvalue weighted by Gasteiger charge is 2.44. The Balaban J connectivity index is 1.19. The Bertz CT molecular complexity index is 3100. The second-order valence-corrected chi connectivity index (χ2v) is 14.5. The molecule has 0 radical (unpaired) electrons. The fraction of sp³-hybridized carbons (Fsp3) is 0.0392. The second kappa shape index (κ2) is 11.8. The van der Waals surface area contributed by atoms with Crippen molar-refractivity contribution in [2.45, 2.75) is 12.3 Å². The summed E-state index contributed by atoms with van der Waals surface area (Å²) in [5.74, 6) is 0. The predicted octanol–water partition coefficient (Wildman–Crippen LogP) is 13.0. The third-order valence-corrected chi connectivity index (χ3v) is 11.5. The van der Waals surface area contributed by atoms with E-state index in [0.717, 1.165) is 28.3 Å². The maximum atomic E-state index is 5.46. The van der Waals surface area contributed by atoms with Crippen molar-refractivity contribution >= 4 is 55.0 Å². The molecule has 3 nitrogen and oxygen atoms in total. The molecule has 2 aromatic heterocycles. The number of nitrogens with zero attached hydrogens (tertiary/aromatic N) is 3. The molecule has 0 spiro atoms. The predicted molar refractivity (Wildman–Crippen MR) is 226 cm³/mol. The second-order valence-electron chi connectivity index (χ2n) is 14.5. The van der Waals surface area contributed by atoms with Crippen molar-refractivity contribution in [2.24, 2.45) is 4.99 Å². The van der Waals surface area contributed by atoms with E-state index >= 15 is 0 Å². The van der Waals surface area contributed by atoms with E-state index in [0.29, 0.717) is 0 Å². The minimum absolute atomic E-state index is 0.493. The molecule has 54 heavy (non-hydrogen) atoms. The van der Waals surface area contributed by atoms with E-state index in [1.807, 2.05) is 0 Å². The summed E-state index contributed by atoms with van der Waals surface area (Å²) in [4.78, 5) is 5.46. The van der Waals surface area contributed by atoms with Crippen LogP contribution in [-0.2, 0) is 5.41 Å². The van der Waals surface area contributed by atoms with Gasteiger partial charge in [-0.25, -0.2) is 0 Å². The molecular formula is C51H35N3. The highest BCUT2D eigenvalue weighted by molar-refractivity contribution is 6.21. The van der Waals surface area contributed by atoms with Gasteiger partial charge in [-0.3, -0.25) is 4.99 Å². The molecule has 0 saturated carbocycles. The van der Waals surface area contributed by atoms with E-state index in [1.165, 1.54) is 65.9 Å².